The van der Waals surface area contributed by atoms with E-state index in [0.29, 0.717) is 18.8 Å². The summed E-state index contributed by atoms with van der Waals surface area (Å²) >= 11 is 1.61. The summed E-state index contributed by atoms with van der Waals surface area (Å²) < 4.78 is 5.88. The van der Waals surface area contributed by atoms with E-state index in [0.717, 1.165) is 34.7 Å². The first-order chi connectivity index (χ1) is 10.2. The van der Waals surface area contributed by atoms with Crippen LogP contribution in [0.2, 0.25) is 0 Å². The molecule has 1 heterocycles. The number of carbonyl (C=O) groups excluding carboxylic acids is 1. The smallest absolute Gasteiger partial charge is 0.162 e. The predicted octanol–water partition coefficient (Wildman–Crippen LogP) is 2.33. The van der Waals surface area contributed by atoms with Crippen molar-refractivity contribution in [3.05, 3.63) is 28.8 Å². The average molecular weight is 309 g/mol. The van der Waals surface area contributed by atoms with Crippen LogP contribution in [0.3, 0.4) is 0 Å². The van der Waals surface area contributed by atoms with Crippen molar-refractivity contribution in [3.8, 4) is 0 Å². The Kier molecular flexibility index (Phi) is 6.23. The lowest BCUT2D eigenvalue weighted by Gasteiger charge is -2.28. The Labute approximate surface area is 130 Å². The van der Waals surface area contributed by atoms with Crippen LogP contribution in [0.25, 0.3) is 0 Å². The molecule has 1 aromatic rings. The lowest BCUT2D eigenvalue weighted by molar-refractivity contribution is 0.0256. The Morgan fingerprint density at radius 3 is 2.95 bits per heavy atom. The normalized spacial score (nSPS) is 18.7. The molecule has 1 saturated heterocycles. The van der Waals surface area contributed by atoms with E-state index < -0.39 is 0 Å². The Hall–Kier alpha value is -0.880. The zero-order valence-corrected chi connectivity index (χ0v) is 13.5. The molecule has 1 aromatic carbocycles. The van der Waals surface area contributed by atoms with Gasteiger partial charge in [-0.05, 0) is 24.1 Å². The number of aliphatic hydroxyl groups excluding tert-OH is 1. The zero-order chi connectivity index (χ0) is 15.2. The van der Waals surface area contributed by atoms with Gasteiger partial charge in [0.2, 0.25) is 0 Å². The van der Waals surface area contributed by atoms with Crippen LogP contribution >= 0.6 is 11.8 Å². The van der Waals surface area contributed by atoms with Gasteiger partial charge in [0.25, 0.3) is 0 Å². The molecule has 0 spiro atoms. The summed E-state index contributed by atoms with van der Waals surface area (Å²) in [5, 5.41) is 12.4. The van der Waals surface area contributed by atoms with Gasteiger partial charge in [0, 0.05) is 35.7 Å². The van der Waals surface area contributed by atoms with Gasteiger partial charge in [-0.25, -0.2) is 0 Å². The van der Waals surface area contributed by atoms with E-state index in [-0.39, 0.29) is 18.5 Å². The van der Waals surface area contributed by atoms with Crippen molar-refractivity contribution in [1.29, 1.82) is 0 Å². The lowest BCUT2D eigenvalue weighted by atomic mass is 9.94. The molecule has 0 aliphatic carbocycles. The van der Waals surface area contributed by atoms with Crippen LogP contribution in [-0.2, 0) is 4.74 Å². The lowest BCUT2D eigenvalue weighted by Crippen LogP contribution is -2.34. The molecule has 1 atom stereocenters. The highest BCUT2D eigenvalue weighted by atomic mass is 32.2. The van der Waals surface area contributed by atoms with Crippen molar-refractivity contribution >= 4 is 17.5 Å². The summed E-state index contributed by atoms with van der Waals surface area (Å²) in [4.78, 5) is 13.2. The quantitative estimate of drug-likeness (QED) is 0.624. The molecule has 5 heteroatoms. The number of morpholine rings is 1. The van der Waals surface area contributed by atoms with Gasteiger partial charge in [-0.2, -0.15) is 0 Å². The number of ketones is 1. The third-order valence-corrected chi connectivity index (χ3v) is 4.75. The van der Waals surface area contributed by atoms with Gasteiger partial charge in [-0.1, -0.05) is 13.0 Å². The van der Waals surface area contributed by atoms with Gasteiger partial charge < -0.3 is 15.2 Å². The second-order valence-corrected chi connectivity index (χ2v) is 6.20. The first-order valence-corrected chi connectivity index (χ1v) is 8.40. The van der Waals surface area contributed by atoms with Crippen LogP contribution in [0.4, 0.5) is 0 Å². The van der Waals surface area contributed by atoms with Gasteiger partial charge >= 0.3 is 0 Å². The summed E-state index contributed by atoms with van der Waals surface area (Å²) in [6.07, 6.45) is 0.484. The minimum absolute atomic E-state index is 0.0236. The fourth-order valence-electron chi connectivity index (χ4n) is 2.63. The highest BCUT2D eigenvalue weighted by Gasteiger charge is 2.23. The van der Waals surface area contributed by atoms with Crippen LogP contribution in [0.15, 0.2) is 17.0 Å². The fourth-order valence-corrected chi connectivity index (χ4v) is 3.54. The van der Waals surface area contributed by atoms with Crippen molar-refractivity contribution in [2.24, 2.45) is 0 Å². The molecule has 0 saturated carbocycles. The topological polar surface area (TPSA) is 58.6 Å². The summed E-state index contributed by atoms with van der Waals surface area (Å²) in [6, 6.07) is 3.89. The van der Waals surface area contributed by atoms with E-state index in [1.165, 1.54) is 0 Å². The Bertz CT molecular complexity index is 499. The van der Waals surface area contributed by atoms with Crippen LogP contribution < -0.4 is 5.32 Å². The predicted molar refractivity (Wildman–Crippen MR) is 85.2 cm³/mol. The van der Waals surface area contributed by atoms with Crippen LogP contribution in [-0.4, -0.2) is 42.9 Å². The van der Waals surface area contributed by atoms with E-state index in [1.807, 2.05) is 26.0 Å². The number of hydrogen-bond donors (Lipinski definition) is 2. The van der Waals surface area contributed by atoms with E-state index in [4.69, 9.17) is 9.84 Å². The van der Waals surface area contributed by atoms with Gasteiger partial charge in [0.15, 0.2) is 5.78 Å². The molecule has 0 amide bonds. The first-order valence-electron chi connectivity index (χ1n) is 7.41. The number of rotatable bonds is 6. The number of nitrogens with one attached hydrogen (secondary N) is 1. The van der Waals surface area contributed by atoms with E-state index in [2.05, 4.69) is 5.32 Å². The molecule has 21 heavy (non-hydrogen) atoms. The highest BCUT2D eigenvalue weighted by molar-refractivity contribution is 7.99. The maximum Gasteiger partial charge on any atom is 0.162 e. The molecule has 0 aromatic heterocycles. The van der Waals surface area contributed by atoms with Crippen molar-refractivity contribution in [3.63, 3.8) is 0 Å². The van der Waals surface area contributed by atoms with Crippen molar-refractivity contribution in [2.45, 2.75) is 31.3 Å². The molecular weight excluding hydrogens is 286 g/mol. The molecule has 0 radical (unpaired) electrons. The zero-order valence-electron chi connectivity index (χ0n) is 12.6. The third-order valence-electron chi connectivity index (χ3n) is 3.69. The van der Waals surface area contributed by atoms with Crippen molar-refractivity contribution < 1.29 is 14.6 Å². The monoisotopic (exact) mass is 309 g/mol. The summed E-state index contributed by atoms with van der Waals surface area (Å²) in [7, 11) is 0. The number of hydrogen-bond acceptors (Lipinski definition) is 5. The van der Waals surface area contributed by atoms with E-state index in [1.54, 1.807) is 11.8 Å². The third kappa shape index (κ3) is 3.86. The number of thioether (sulfide) groups is 1. The second kappa shape index (κ2) is 7.94. The van der Waals surface area contributed by atoms with Gasteiger partial charge in [0.1, 0.15) is 0 Å². The van der Waals surface area contributed by atoms with Crippen LogP contribution in [0, 0.1) is 6.92 Å². The molecule has 2 rings (SSSR count). The fraction of sp³-hybridized carbons (Fsp3) is 0.562. The van der Waals surface area contributed by atoms with E-state index in [9.17, 15) is 4.79 Å². The molecule has 1 aliphatic heterocycles. The maximum atomic E-state index is 12.1. The maximum absolute atomic E-state index is 12.1. The molecule has 2 N–H and O–H groups in total. The number of benzene rings is 1. The van der Waals surface area contributed by atoms with Gasteiger partial charge in [0.05, 0.1) is 19.3 Å². The minimum atomic E-state index is -0.0236. The number of carbonyl (C=O) groups is 1. The molecular formula is C16H23NO3S. The van der Waals surface area contributed by atoms with Crippen LogP contribution in [0.5, 0.6) is 0 Å². The van der Waals surface area contributed by atoms with Crippen molar-refractivity contribution in [2.75, 3.05) is 32.1 Å². The number of ether oxygens (including phenoxy) is 1. The SMILES string of the molecule is CCC(=O)c1ccc(SCCO)c(C2CNCCO2)c1C. The number of Topliss-reactive ketones (excluding diaryl/α,β-unsaturated/α-hetero) is 1. The Balaban J connectivity index is 2.41. The van der Waals surface area contributed by atoms with Gasteiger partial charge in [-0.15, -0.1) is 11.8 Å². The summed E-state index contributed by atoms with van der Waals surface area (Å²) in [5.41, 5.74) is 2.90. The Morgan fingerprint density at radius 2 is 2.33 bits per heavy atom. The molecule has 0 bridgehead atoms. The molecule has 1 fully saturated rings. The van der Waals surface area contributed by atoms with Gasteiger partial charge in [-0.3, -0.25) is 4.79 Å². The molecule has 1 unspecified atom stereocenters. The molecule has 116 valence electrons. The second-order valence-electron chi connectivity index (χ2n) is 5.06. The van der Waals surface area contributed by atoms with Crippen molar-refractivity contribution in [1.82, 2.24) is 5.32 Å². The van der Waals surface area contributed by atoms with Crippen LogP contribution in [0.1, 0.15) is 40.9 Å². The minimum Gasteiger partial charge on any atom is -0.396 e. The molecule has 4 nitrogen and oxygen atoms in total. The van der Waals surface area contributed by atoms with E-state index >= 15 is 0 Å². The summed E-state index contributed by atoms with van der Waals surface area (Å²) in [5.74, 6) is 0.810. The average Bonchev–Trinajstić information content (AvgIpc) is 2.53. The highest BCUT2D eigenvalue weighted by Crippen LogP contribution is 2.34. The standard InChI is InChI=1S/C16H23NO3S/c1-3-13(19)12-4-5-15(21-9-7-18)16(11(12)2)14-10-17-6-8-20-14/h4-5,14,17-18H,3,6-10H2,1-2H3. The largest absolute Gasteiger partial charge is 0.396 e. The summed E-state index contributed by atoms with van der Waals surface area (Å²) in [6.45, 7) is 6.33. The molecule has 1 aliphatic rings. The Morgan fingerprint density at radius 1 is 1.52 bits per heavy atom. The first kappa shape index (κ1) is 16.5. The number of aliphatic hydroxyl groups is 1.